The first kappa shape index (κ1) is 12.8. The molecule has 1 unspecified atom stereocenters. The van der Waals surface area contributed by atoms with E-state index in [0.717, 1.165) is 35.2 Å². The molecule has 0 spiro atoms. The average molecular weight is 254 g/mol. The predicted molar refractivity (Wildman–Crippen MR) is 72.8 cm³/mol. The molecule has 2 heterocycles. The number of hydrogen-bond donors (Lipinski definition) is 1. The largest absolute Gasteiger partial charge is 0.391 e. The van der Waals surface area contributed by atoms with Gasteiger partial charge in [0.05, 0.1) is 17.2 Å². The molecule has 1 aliphatic heterocycles. The van der Waals surface area contributed by atoms with Crippen LogP contribution in [0.15, 0.2) is 0 Å². The zero-order valence-electron chi connectivity index (χ0n) is 10.8. The summed E-state index contributed by atoms with van der Waals surface area (Å²) in [5, 5.41) is 10.5. The van der Waals surface area contributed by atoms with Gasteiger partial charge in [0.2, 0.25) is 0 Å². The molecule has 1 aromatic rings. The Hall–Kier alpha value is -0.610. The van der Waals surface area contributed by atoms with Crippen molar-refractivity contribution >= 4 is 16.5 Å². The number of rotatable bonds is 4. The van der Waals surface area contributed by atoms with Crippen molar-refractivity contribution in [1.29, 1.82) is 0 Å². The molecular weight excluding hydrogens is 232 g/mol. The molecule has 0 radical (unpaired) electrons. The molecule has 0 saturated carbocycles. The Balaban J connectivity index is 2.20. The van der Waals surface area contributed by atoms with Crippen LogP contribution in [-0.4, -0.2) is 23.2 Å². The van der Waals surface area contributed by atoms with E-state index in [0.29, 0.717) is 5.92 Å². The van der Waals surface area contributed by atoms with E-state index in [1.54, 1.807) is 11.3 Å². The van der Waals surface area contributed by atoms with Crippen LogP contribution in [0, 0.1) is 0 Å². The van der Waals surface area contributed by atoms with Gasteiger partial charge >= 0.3 is 0 Å². The number of anilines is 1. The Morgan fingerprint density at radius 3 is 2.65 bits per heavy atom. The van der Waals surface area contributed by atoms with Crippen LogP contribution in [0.4, 0.5) is 5.13 Å². The number of aromatic nitrogens is 1. The van der Waals surface area contributed by atoms with E-state index in [9.17, 15) is 5.11 Å². The smallest absolute Gasteiger partial charge is 0.185 e. The van der Waals surface area contributed by atoms with E-state index in [2.05, 4.69) is 18.7 Å². The lowest BCUT2D eigenvalue weighted by molar-refractivity contribution is 0.283. The number of thiazole rings is 1. The molecule has 3 nitrogen and oxygen atoms in total. The maximum absolute atomic E-state index is 9.43. The topological polar surface area (TPSA) is 36.4 Å². The summed E-state index contributed by atoms with van der Waals surface area (Å²) in [6, 6.07) is 0. The Labute approximate surface area is 107 Å². The third-order valence-electron chi connectivity index (χ3n) is 3.57. The van der Waals surface area contributed by atoms with Crippen LogP contribution in [0.3, 0.4) is 0 Å². The number of aliphatic hydroxyl groups excluding tert-OH is 1. The molecular formula is C13H22N2OS. The van der Waals surface area contributed by atoms with Crippen LogP contribution in [0.2, 0.25) is 0 Å². The van der Waals surface area contributed by atoms with Gasteiger partial charge in [-0.15, -0.1) is 0 Å². The maximum atomic E-state index is 9.43. The molecule has 2 rings (SSSR count). The molecule has 1 aliphatic rings. The quantitative estimate of drug-likeness (QED) is 0.896. The van der Waals surface area contributed by atoms with E-state index in [1.165, 1.54) is 19.3 Å². The standard InChI is InChI=1S/C13H22N2OS/c1-3-10(2)12-11(9-16)17-13(14-12)15-7-5-4-6-8-15/h10,16H,3-9H2,1-2H3. The van der Waals surface area contributed by atoms with E-state index < -0.39 is 0 Å². The van der Waals surface area contributed by atoms with E-state index in [4.69, 9.17) is 4.98 Å². The fraction of sp³-hybridized carbons (Fsp3) is 0.769. The first-order chi connectivity index (χ1) is 8.26. The highest BCUT2D eigenvalue weighted by molar-refractivity contribution is 7.15. The summed E-state index contributed by atoms with van der Waals surface area (Å²) >= 11 is 1.67. The van der Waals surface area contributed by atoms with Crippen LogP contribution < -0.4 is 4.90 Å². The fourth-order valence-corrected chi connectivity index (χ4v) is 3.35. The molecule has 0 aromatic carbocycles. The van der Waals surface area contributed by atoms with E-state index >= 15 is 0 Å². The molecule has 0 aliphatic carbocycles. The SMILES string of the molecule is CCC(C)c1nc(N2CCCCC2)sc1CO. The normalized spacial score (nSPS) is 18.4. The third-order valence-corrected chi connectivity index (χ3v) is 4.68. The van der Waals surface area contributed by atoms with Gasteiger partial charge in [-0.05, 0) is 31.6 Å². The second kappa shape index (κ2) is 5.83. The second-order valence-corrected chi connectivity index (χ2v) is 5.88. The van der Waals surface area contributed by atoms with E-state index in [-0.39, 0.29) is 6.61 Å². The monoisotopic (exact) mass is 254 g/mol. The summed E-state index contributed by atoms with van der Waals surface area (Å²) < 4.78 is 0. The summed E-state index contributed by atoms with van der Waals surface area (Å²) in [7, 11) is 0. The van der Waals surface area contributed by atoms with Crippen LogP contribution in [-0.2, 0) is 6.61 Å². The Bertz CT molecular complexity index is 358. The summed E-state index contributed by atoms with van der Waals surface area (Å²) in [6.07, 6.45) is 4.96. The minimum Gasteiger partial charge on any atom is -0.391 e. The highest BCUT2D eigenvalue weighted by Crippen LogP contribution is 2.33. The average Bonchev–Trinajstić information content (AvgIpc) is 2.83. The lowest BCUT2D eigenvalue weighted by Gasteiger charge is -2.25. The number of aliphatic hydroxyl groups is 1. The molecule has 96 valence electrons. The van der Waals surface area contributed by atoms with Gasteiger partial charge in [-0.2, -0.15) is 0 Å². The van der Waals surface area contributed by atoms with Crippen molar-refractivity contribution in [2.24, 2.45) is 0 Å². The van der Waals surface area contributed by atoms with Gasteiger partial charge in [0.25, 0.3) is 0 Å². The Kier molecular flexibility index (Phi) is 4.40. The van der Waals surface area contributed by atoms with Crippen molar-refractivity contribution in [3.8, 4) is 0 Å². The van der Waals surface area contributed by atoms with Gasteiger partial charge in [0.15, 0.2) is 5.13 Å². The van der Waals surface area contributed by atoms with Crippen molar-refractivity contribution < 1.29 is 5.11 Å². The summed E-state index contributed by atoms with van der Waals surface area (Å²) in [6.45, 7) is 6.74. The number of hydrogen-bond acceptors (Lipinski definition) is 4. The van der Waals surface area contributed by atoms with Crippen molar-refractivity contribution in [1.82, 2.24) is 4.98 Å². The molecule has 4 heteroatoms. The molecule has 1 aromatic heterocycles. The first-order valence-corrected chi connectivity index (χ1v) is 7.43. The zero-order chi connectivity index (χ0) is 12.3. The maximum Gasteiger partial charge on any atom is 0.185 e. The van der Waals surface area contributed by atoms with Crippen LogP contribution in [0.25, 0.3) is 0 Å². The fourth-order valence-electron chi connectivity index (χ4n) is 2.26. The number of nitrogens with zero attached hydrogens (tertiary/aromatic N) is 2. The minimum atomic E-state index is 0.130. The van der Waals surface area contributed by atoms with E-state index in [1.807, 2.05) is 0 Å². The Morgan fingerprint density at radius 2 is 2.06 bits per heavy atom. The predicted octanol–water partition coefficient (Wildman–Crippen LogP) is 3.14. The minimum absolute atomic E-state index is 0.130. The van der Waals surface area contributed by atoms with Gasteiger partial charge in [-0.3, -0.25) is 0 Å². The van der Waals surface area contributed by atoms with Crippen molar-refractivity contribution in [3.05, 3.63) is 10.6 Å². The van der Waals surface area contributed by atoms with Gasteiger partial charge in [-0.25, -0.2) is 4.98 Å². The summed E-state index contributed by atoms with van der Waals surface area (Å²) in [4.78, 5) is 8.19. The van der Waals surface area contributed by atoms with Crippen molar-refractivity contribution in [2.45, 2.75) is 52.1 Å². The molecule has 0 bridgehead atoms. The first-order valence-electron chi connectivity index (χ1n) is 6.61. The van der Waals surface area contributed by atoms with Crippen molar-refractivity contribution in [2.75, 3.05) is 18.0 Å². The molecule has 1 saturated heterocycles. The highest BCUT2D eigenvalue weighted by Gasteiger charge is 2.20. The van der Waals surface area contributed by atoms with Crippen LogP contribution in [0.5, 0.6) is 0 Å². The highest BCUT2D eigenvalue weighted by atomic mass is 32.1. The van der Waals surface area contributed by atoms with Gasteiger partial charge in [-0.1, -0.05) is 25.2 Å². The molecule has 1 fully saturated rings. The van der Waals surface area contributed by atoms with Crippen LogP contribution >= 0.6 is 11.3 Å². The third kappa shape index (κ3) is 2.80. The van der Waals surface area contributed by atoms with Crippen molar-refractivity contribution in [3.63, 3.8) is 0 Å². The summed E-state index contributed by atoms with van der Waals surface area (Å²) in [5.74, 6) is 0.451. The second-order valence-electron chi connectivity index (χ2n) is 4.82. The number of piperidine rings is 1. The molecule has 17 heavy (non-hydrogen) atoms. The van der Waals surface area contributed by atoms with Gasteiger partial charge < -0.3 is 10.0 Å². The lowest BCUT2D eigenvalue weighted by atomic mass is 10.0. The van der Waals surface area contributed by atoms with Gasteiger partial charge in [0, 0.05) is 13.1 Å². The lowest BCUT2D eigenvalue weighted by Crippen LogP contribution is -2.29. The zero-order valence-corrected chi connectivity index (χ0v) is 11.6. The molecule has 1 atom stereocenters. The van der Waals surface area contributed by atoms with Crippen LogP contribution in [0.1, 0.15) is 56.0 Å². The Morgan fingerprint density at radius 1 is 1.35 bits per heavy atom. The van der Waals surface area contributed by atoms with Gasteiger partial charge in [0.1, 0.15) is 0 Å². The molecule has 1 N–H and O–H groups in total. The summed E-state index contributed by atoms with van der Waals surface area (Å²) in [5.41, 5.74) is 1.11. The molecule has 0 amide bonds.